The van der Waals surface area contributed by atoms with Crippen LogP contribution in [-0.2, 0) is 14.3 Å². The number of amides is 1. The number of carboxylic acid groups (broad SMARTS) is 1. The fourth-order valence-electron chi connectivity index (χ4n) is 1.84. The fourth-order valence-corrected chi connectivity index (χ4v) is 1.84. The highest BCUT2D eigenvalue weighted by atomic mass is 16.5. The maximum Gasteiger partial charge on any atom is 0.321 e. The Kier molecular flexibility index (Phi) is 5.33. The van der Waals surface area contributed by atoms with Crippen LogP contribution in [0.25, 0.3) is 0 Å². The van der Waals surface area contributed by atoms with E-state index in [1.165, 1.54) is 12.0 Å². The molecule has 1 aliphatic heterocycles. The number of likely N-dealkylation sites (tertiary alicyclic amines) is 1. The number of hydrogen-bond acceptors (Lipinski definition) is 5. The molecule has 1 fully saturated rings. The number of carbonyl (C=O) groups is 2. The lowest BCUT2D eigenvalue weighted by atomic mass is 10.2. The molecule has 17 heavy (non-hydrogen) atoms. The average molecular weight is 246 g/mol. The van der Waals surface area contributed by atoms with Crippen LogP contribution in [0.3, 0.4) is 0 Å². The van der Waals surface area contributed by atoms with Crippen molar-refractivity contribution in [2.45, 2.75) is 18.6 Å². The smallest absolute Gasteiger partial charge is 0.321 e. The summed E-state index contributed by atoms with van der Waals surface area (Å²) in [6, 6.07) is -0.779. The molecule has 1 amide bonds. The first-order valence-electron chi connectivity index (χ1n) is 5.45. The molecule has 2 unspecified atom stereocenters. The van der Waals surface area contributed by atoms with Crippen molar-refractivity contribution in [3.63, 3.8) is 0 Å². The van der Waals surface area contributed by atoms with Crippen molar-refractivity contribution in [2.24, 2.45) is 0 Å². The Morgan fingerprint density at radius 2 is 2.24 bits per heavy atom. The molecule has 98 valence electrons. The van der Waals surface area contributed by atoms with Gasteiger partial charge in [-0.15, -0.1) is 0 Å². The maximum absolute atomic E-state index is 11.5. The summed E-state index contributed by atoms with van der Waals surface area (Å²) < 4.78 is 4.78. The van der Waals surface area contributed by atoms with Gasteiger partial charge in [-0.1, -0.05) is 0 Å². The first kappa shape index (κ1) is 13.9. The number of carboxylic acids is 1. The number of ether oxygens (including phenoxy) is 1. The van der Waals surface area contributed by atoms with Gasteiger partial charge in [-0.3, -0.25) is 14.5 Å². The van der Waals surface area contributed by atoms with E-state index in [4.69, 9.17) is 9.84 Å². The fraction of sp³-hybridized carbons (Fsp3) is 0.800. The van der Waals surface area contributed by atoms with Crippen LogP contribution in [0, 0.1) is 0 Å². The second kappa shape index (κ2) is 6.53. The van der Waals surface area contributed by atoms with Crippen molar-refractivity contribution in [2.75, 3.05) is 33.4 Å². The number of methoxy groups -OCH3 is 1. The standard InChI is InChI=1S/C10H18N2O5/c1-17-3-2-11-9(14)6-12-5-7(13)4-8(12)10(15)16/h7-8,13H,2-6H2,1H3,(H,11,14)(H,15,16). The second-order valence-electron chi connectivity index (χ2n) is 4.02. The van der Waals surface area contributed by atoms with Crippen LogP contribution in [0.15, 0.2) is 0 Å². The first-order valence-corrected chi connectivity index (χ1v) is 5.45. The van der Waals surface area contributed by atoms with Crippen LogP contribution < -0.4 is 5.32 Å². The Balaban J connectivity index is 2.38. The molecule has 1 aliphatic rings. The lowest BCUT2D eigenvalue weighted by Crippen LogP contribution is -2.43. The molecular formula is C10H18N2O5. The Labute approximate surface area is 99.4 Å². The predicted octanol–water partition coefficient (Wildman–Crippen LogP) is -1.73. The van der Waals surface area contributed by atoms with E-state index in [9.17, 15) is 14.7 Å². The summed E-state index contributed by atoms with van der Waals surface area (Å²) in [5.74, 6) is -1.27. The lowest BCUT2D eigenvalue weighted by Gasteiger charge is -2.19. The van der Waals surface area contributed by atoms with Gasteiger partial charge in [0.1, 0.15) is 6.04 Å². The number of aliphatic hydroxyl groups is 1. The molecule has 7 heteroatoms. The van der Waals surface area contributed by atoms with Gasteiger partial charge in [0, 0.05) is 26.6 Å². The highest BCUT2D eigenvalue weighted by molar-refractivity contribution is 5.80. The Morgan fingerprint density at radius 3 is 2.82 bits per heavy atom. The van der Waals surface area contributed by atoms with Gasteiger partial charge < -0.3 is 20.3 Å². The molecule has 0 aliphatic carbocycles. The molecule has 0 bridgehead atoms. The molecule has 0 spiro atoms. The van der Waals surface area contributed by atoms with E-state index >= 15 is 0 Å². The van der Waals surface area contributed by atoms with Crippen molar-refractivity contribution in [1.29, 1.82) is 0 Å². The molecule has 0 aromatic carbocycles. The SMILES string of the molecule is COCCNC(=O)CN1CC(O)CC1C(=O)O. The molecule has 1 heterocycles. The minimum absolute atomic E-state index is 0.0161. The third kappa shape index (κ3) is 4.29. The number of hydrogen-bond donors (Lipinski definition) is 3. The van der Waals surface area contributed by atoms with E-state index < -0.39 is 18.1 Å². The Bertz CT molecular complexity index is 284. The Morgan fingerprint density at radius 1 is 1.53 bits per heavy atom. The summed E-state index contributed by atoms with van der Waals surface area (Å²) in [7, 11) is 1.53. The molecule has 0 aromatic rings. The highest BCUT2D eigenvalue weighted by Gasteiger charge is 2.36. The van der Waals surface area contributed by atoms with Crippen LogP contribution in [0.1, 0.15) is 6.42 Å². The summed E-state index contributed by atoms with van der Waals surface area (Å²) in [6.45, 7) is 1.01. The summed E-state index contributed by atoms with van der Waals surface area (Å²) in [5, 5.41) is 20.9. The zero-order valence-corrected chi connectivity index (χ0v) is 9.76. The number of rotatable bonds is 6. The normalized spacial score (nSPS) is 24.8. The second-order valence-corrected chi connectivity index (χ2v) is 4.02. The Hall–Kier alpha value is -1.18. The molecule has 0 aromatic heterocycles. The van der Waals surface area contributed by atoms with Crippen LogP contribution in [0.2, 0.25) is 0 Å². The number of nitrogens with one attached hydrogen (secondary N) is 1. The number of nitrogens with zero attached hydrogens (tertiary/aromatic N) is 1. The summed E-state index contributed by atoms with van der Waals surface area (Å²) in [6.07, 6.45) is -0.511. The van der Waals surface area contributed by atoms with Crippen molar-refractivity contribution < 1.29 is 24.5 Å². The van der Waals surface area contributed by atoms with Crippen LogP contribution in [0.5, 0.6) is 0 Å². The van der Waals surface area contributed by atoms with Crippen molar-refractivity contribution in [1.82, 2.24) is 10.2 Å². The van der Waals surface area contributed by atoms with E-state index in [1.54, 1.807) is 0 Å². The van der Waals surface area contributed by atoms with E-state index in [1.807, 2.05) is 0 Å². The molecule has 0 radical (unpaired) electrons. The van der Waals surface area contributed by atoms with Crippen LogP contribution in [-0.4, -0.2) is 72.5 Å². The highest BCUT2D eigenvalue weighted by Crippen LogP contribution is 2.17. The summed E-state index contributed by atoms with van der Waals surface area (Å²) in [4.78, 5) is 23.8. The predicted molar refractivity (Wildman–Crippen MR) is 58.5 cm³/mol. The molecule has 7 nitrogen and oxygen atoms in total. The maximum atomic E-state index is 11.5. The van der Waals surface area contributed by atoms with Crippen molar-refractivity contribution in [3.05, 3.63) is 0 Å². The van der Waals surface area contributed by atoms with Gasteiger partial charge >= 0.3 is 5.97 Å². The van der Waals surface area contributed by atoms with Crippen molar-refractivity contribution >= 4 is 11.9 Å². The first-order chi connectivity index (χ1) is 8.04. The molecule has 2 atom stereocenters. The molecule has 3 N–H and O–H groups in total. The number of aliphatic hydroxyl groups excluding tert-OH is 1. The van der Waals surface area contributed by atoms with Gasteiger partial charge in [-0.25, -0.2) is 0 Å². The summed E-state index contributed by atoms with van der Waals surface area (Å²) in [5.41, 5.74) is 0. The van der Waals surface area contributed by atoms with Gasteiger partial charge in [-0.2, -0.15) is 0 Å². The van der Waals surface area contributed by atoms with Gasteiger partial charge in [0.25, 0.3) is 0 Å². The monoisotopic (exact) mass is 246 g/mol. The molecule has 1 saturated heterocycles. The minimum atomic E-state index is -1.01. The van der Waals surface area contributed by atoms with Gasteiger partial charge in [-0.05, 0) is 0 Å². The quantitative estimate of drug-likeness (QED) is 0.482. The zero-order chi connectivity index (χ0) is 12.8. The van der Waals surface area contributed by atoms with E-state index in [0.717, 1.165) is 0 Å². The molecule has 1 rings (SSSR count). The zero-order valence-electron chi connectivity index (χ0n) is 9.76. The van der Waals surface area contributed by atoms with Crippen molar-refractivity contribution in [3.8, 4) is 0 Å². The topological polar surface area (TPSA) is 99.1 Å². The summed E-state index contributed by atoms with van der Waals surface area (Å²) >= 11 is 0. The molecule has 0 saturated carbocycles. The van der Waals surface area contributed by atoms with E-state index in [-0.39, 0.29) is 25.4 Å². The molecular weight excluding hydrogens is 228 g/mol. The third-order valence-corrected chi connectivity index (χ3v) is 2.64. The van der Waals surface area contributed by atoms with E-state index in [0.29, 0.717) is 13.2 Å². The number of carbonyl (C=O) groups excluding carboxylic acids is 1. The minimum Gasteiger partial charge on any atom is -0.480 e. The largest absolute Gasteiger partial charge is 0.480 e. The van der Waals surface area contributed by atoms with Gasteiger partial charge in [0.15, 0.2) is 0 Å². The lowest BCUT2D eigenvalue weighted by molar-refractivity contribution is -0.142. The third-order valence-electron chi connectivity index (χ3n) is 2.64. The van der Waals surface area contributed by atoms with Crippen LogP contribution >= 0.6 is 0 Å². The average Bonchev–Trinajstić information content (AvgIpc) is 2.60. The van der Waals surface area contributed by atoms with E-state index in [2.05, 4.69) is 5.32 Å². The van der Waals surface area contributed by atoms with Gasteiger partial charge in [0.05, 0.1) is 19.3 Å². The van der Waals surface area contributed by atoms with Gasteiger partial charge in [0.2, 0.25) is 5.91 Å². The number of aliphatic carboxylic acids is 1. The number of β-amino-alcohol motifs (C(OH)–C–C–N with tert-alkyl or cyclic N) is 1. The van der Waals surface area contributed by atoms with Crippen LogP contribution in [0.4, 0.5) is 0 Å².